The van der Waals surface area contributed by atoms with Crippen molar-refractivity contribution in [3.05, 3.63) is 47.7 Å². The van der Waals surface area contributed by atoms with E-state index in [0.29, 0.717) is 12.2 Å². The van der Waals surface area contributed by atoms with Crippen LogP contribution in [0.15, 0.2) is 42.2 Å². The van der Waals surface area contributed by atoms with Gasteiger partial charge in [-0.1, -0.05) is 18.2 Å². The number of benzene rings is 1. The topological polar surface area (TPSA) is 44.8 Å². The number of hydrogen-bond donors (Lipinski definition) is 0. The van der Waals surface area contributed by atoms with Crippen LogP contribution in [0.1, 0.15) is 12.0 Å². The van der Waals surface area contributed by atoms with E-state index in [1.54, 1.807) is 14.2 Å². The summed E-state index contributed by atoms with van der Waals surface area (Å²) in [4.78, 5) is 11.3. The van der Waals surface area contributed by atoms with Gasteiger partial charge < -0.3 is 14.2 Å². The summed E-state index contributed by atoms with van der Waals surface area (Å²) in [5.74, 6) is 1.08. The third kappa shape index (κ3) is 3.61. The summed E-state index contributed by atoms with van der Waals surface area (Å²) in [5.41, 5.74) is 1.02. The number of ether oxygens (including phenoxy) is 3. The van der Waals surface area contributed by atoms with Crippen molar-refractivity contribution >= 4 is 12.0 Å². The molecular formula is C15H16O4. The van der Waals surface area contributed by atoms with Crippen LogP contribution < -0.4 is 4.74 Å². The number of rotatable bonds is 4. The van der Waals surface area contributed by atoms with Crippen molar-refractivity contribution in [3.8, 4) is 5.75 Å². The van der Waals surface area contributed by atoms with Crippen molar-refractivity contribution in [1.29, 1.82) is 0 Å². The lowest BCUT2D eigenvalue weighted by Gasteiger charge is -2.19. The van der Waals surface area contributed by atoms with Crippen LogP contribution in [-0.4, -0.2) is 26.3 Å². The van der Waals surface area contributed by atoms with Crippen LogP contribution in [0.2, 0.25) is 0 Å². The third-order valence-corrected chi connectivity index (χ3v) is 2.83. The van der Waals surface area contributed by atoms with Crippen LogP contribution in [0.25, 0.3) is 6.08 Å². The maximum atomic E-state index is 11.3. The van der Waals surface area contributed by atoms with E-state index in [1.165, 1.54) is 6.08 Å². The molecule has 0 radical (unpaired) electrons. The summed E-state index contributed by atoms with van der Waals surface area (Å²) in [7, 11) is 3.18. The Morgan fingerprint density at radius 2 is 1.95 bits per heavy atom. The van der Waals surface area contributed by atoms with Crippen LogP contribution in [0.4, 0.5) is 0 Å². The maximum absolute atomic E-state index is 11.3. The Morgan fingerprint density at radius 3 is 2.58 bits per heavy atom. The van der Waals surface area contributed by atoms with E-state index in [4.69, 9.17) is 14.2 Å². The van der Waals surface area contributed by atoms with E-state index in [1.807, 2.05) is 36.4 Å². The molecule has 1 atom stereocenters. The summed E-state index contributed by atoms with van der Waals surface area (Å²) in [5, 5.41) is 0. The minimum Gasteiger partial charge on any atom is -0.501 e. The molecule has 1 aromatic carbocycles. The van der Waals surface area contributed by atoms with Crippen molar-refractivity contribution in [2.75, 3.05) is 14.2 Å². The predicted octanol–water partition coefficient (Wildman–Crippen LogP) is 2.55. The molecule has 0 saturated carbocycles. The number of esters is 1. The van der Waals surface area contributed by atoms with Gasteiger partial charge in [-0.05, 0) is 23.8 Å². The Hall–Kier alpha value is -2.23. The minimum atomic E-state index is -0.368. The van der Waals surface area contributed by atoms with Crippen molar-refractivity contribution in [2.24, 2.45) is 0 Å². The Balaban J connectivity index is 2.02. The first kappa shape index (κ1) is 13.2. The molecule has 1 aromatic rings. The van der Waals surface area contributed by atoms with E-state index in [2.05, 4.69) is 0 Å². The number of methoxy groups -OCH3 is 2. The number of carbonyl (C=O) groups excluding carboxylic acids is 1. The zero-order valence-electron chi connectivity index (χ0n) is 11.0. The second-order valence-corrected chi connectivity index (χ2v) is 4.13. The van der Waals surface area contributed by atoms with Gasteiger partial charge in [0, 0.05) is 6.42 Å². The highest BCUT2D eigenvalue weighted by atomic mass is 16.5. The van der Waals surface area contributed by atoms with Crippen molar-refractivity contribution in [3.63, 3.8) is 0 Å². The molecule has 0 fully saturated rings. The van der Waals surface area contributed by atoms with E-state index < -0.39 is 0 Å². The summed E-state index contributed by atoms with van der Waals surface area (Å²) in [6.07, 6.45) is 5.42. The molecule has 4 nitrogen and oxygen atoms in total. The Labute approximate surface area is 112 Å². The van der Waals surface area contributed by atoms with Crippen LogP contribution in [0, 0.1) is 0 Å². The zero-order valence-corrected chi connectivity index (χ0v) is 11.0. The summed E-state index contributed by atoms with van der Waals surface area (Å²) in [6.45, 7) is 0. The van der Waals surface area contributed by atoms with Crippen molar-refractivity contribution in [2.45, 2.75) is 12.5 Å². The molecule has 1 aliphatic rings. The van der Waals surface area contributed by atoms with Gasteiger partial charge in [-0.15, -0.1) is 0 Å². The third-order valence-electron chi connectivity index (χ3n) is 2.83. The first-order valence-corrected chi connectivity index (χ1v) is 5.98. The molecule has 0 N–H and O–H groups in total. The van der Waals surface area contributed by atoms with Crippen molar-refractivity contribution in [1.82, 2.24) is 0 Å². The molecule has 0 aliphatic carbocycles. The number of carbonyl (C=O) groups is 1. The smallest absolute Gasteiger partial charge is 0.334 e. The molecule has 1 unspecified atom stereocenters. The largest absolute Gasteiger partial charge is 0.501 e. The fourth-order valence-electron chi connectivity index (χ4n) is 1.80. The molecule has 0 aromatic heterocycles. The van der Waals surface area contributed by atoms with Gasteiger partial charge in [-0.25, -0.2) is 4.79 Å². The Bertz CT molecular complexity index is 499. The molecule has 0 bridgehead atoms. The van der Waals surface area contributed by atoms with Gasteiger partial charge in [0.2, 0.25) is 0 Å². The number of hydrogen-bond acceptors (Lipinski definition) is 4. The van der Waals surface area contributed by atoms with Gasteiger partial charge in [0.1, 0.15) is 17.6 Å². The maximum Gasteiger partial charge on any atom is 0.334 e. The molecule has 0 saturated heterocycles. The van der Waals surface area contributed by atoms with Crippen LogP contribution in [0.3, 0.4) is 0 Å². The lowest BCUT2D eigenvalue weighted by atomic mass is 10.1. The molecule has 2 rings (SSSR count). The fourth-order valence-corrected chi connectivity index (χ4v) is 1.80. The molecule has 0 amide bonds. The van der Waals surface area contributed by atoms with E-state index >= 15 is 0 Å². The zero-order chi connectivity index (χ0) is 13.7. The first-order chi connectivity index (χ1) is 9.21. The SMILES string of the molecule is COC1=CC(=O)OC(C=Cc2ccc(OC)cc2)C1. The number of cyclic esters (lactones) is 1. The molecule has 0 spiro atoms. The van der Waals surface area contributed by atoms with Gasteiger partial charge in [-0.3, -0.25) is 0 Å². The molecule has 1 heterocycles. The Morgan fingerprint density at radius 1 is 1.21 bits per heavy atom. The quantitative estimate of drug-likeness (QED) is 0.780. The Kier molecular flexibility index (Phi) is 4.23. The lowest BCUT2D eigenvalue weighted by Crippen LogP contribution is -2.21. The fraction of sp³-hybridized carbons (Fsp3) is 0.267. The summed E-state index contributed by atoms with van der Waals surface area (Å²) < 4.78 is 15.4. The molecule has 100 valence electrons. The van der Waals surface area contributed by atoms with Crippen LogP contribution in [0.5, 0.6) is 5.75 Å². The highest BCUT2D eigenvalue weighted by Gasteiger charge is 2.19. The van der Waals surface area contributed by atoms with Gasteiger partial charge in [0.25, 0.3) is 0 Å². The lowest BCUT2D eigenvalue weighted by molar-refractivity contribution is -0.142. The first-order valence-electron chi connectivity index (χ1n) is 5.98. The van der Waals surface area contributed by atoms with Crippen LogP contribution in [-0.2, 0) is 14.3 Å². The molecule has 4 heteroatoms. The van der Waals surface area contributed by atoms with Gasteiger partial charge in [-0.2, -0.15) is 0 Å². The molecule has 1 aliphatic heterocycles. The molecular weight excluding hydrogens is 244 g/mol. The molecule has 19 heavy (non-hydrogen) atoms. The van der Waals surface area contributed by atoms with E-state index in [9.17, 15) is 4.79 Å². The second-order valence-electron chi connectivity index (χ2n) is 4.13. The standard InChI is InChI=1S/C15H16O4/c1-17-12-6-3-11(4-7-12)5-8-13-9-14(18-2)10-15(16)19-13/h3-8,10,13H,9H2,1-2H3. The van der Waals surface area contributed by atoms with Crippen LogP contribution >= 0.6 is 0 Å². The minimum absolute atomic E-state index is 0.283. The highest BCUT2D eigenvalue weighted by Crippen LogP contribution is 2.18. The second kappa shape index (κ2) is 6.09. The monoisotopic (exact) mass is 260 g/mol. The summed E-state index contributed by atoms with van der Waals surface area (Å²) in [6, 6.07) is 7.64. The average Bonchev–Trinajstić information content (AvgIpc) is 2.45. The predicted molar refractivity (Wildman–Crippen MR) is 71.6 cm³/mol. The normalized spacial score (nSPS) is 18.9. The highest BCUT2D eigenvalue weighted by molar-refractivity contribution is 5.83. The van der Waals surface area contributed by atoms with Gasteiger partial charge >= 0.3 is 5.97 Å². The summed E-state index contributed by atoms with van der Waals surface area (Å²) >= 11 is 0. The van der Waals surface area contributed by atoms with E-state index in [-0.39, 0.29) is 12.1 Å². The van der Waals surface area contributed by atoms with Gasteiger partial charge in [0.15, 0.2) is 0 Å². The average molecular weight is 260 g/mol. The van der Waals surface area contributed by atoms with Crippen molar-refractivity contribution < 1.29 is 19.0 Å². The van der Waals surface area contributed by atoms with Gasteiger partial charge in [0.05, 0.1) is 20.3 Å². The van der Waals surface area contributed by atoms with E-state index in [0.717, 1.165) is 11.3 Å².